The molecular weight excluding hydrogens is 431 g/mol. The second kappa shape index (κ2) is 8.18. The van der Waals surface area contributed by atoms with Crippen molar-refractivity contribution >= 4 is 62.3 Å². The summed E-state index contributed by atoms with van der Waals surface area (Å²) in [6, 6.07) is 8.47. The van der Waals surface area contributed by atoms with Crippen LogP contribution < -0.4 is 9.62 Å². The summed E-state index contributed by atoms with van der Waals surface area (Å²) in [6.07, 6.45) is 0. The van der Waals surface area contributed by atoms with Crippen LogP contribution in [0.15, 0.2) is 41.3 Å². The van der Waals surface area contributed by atoms with Gasteiger partial charge in [-0.15, -0.1) is 0 Å². The van der Waals surface area contributed by atoms with E-state index in [1.54, 1.807) is 12.1 Å². The zero-order valence-electron chi connectivity index (χ0n) is 14.0. The number of rotatable bonds is 5. The van der Waals surface area contributed by atoms with Gasteiger partial charge in [-0.3, -0.25) is 4.72 Å². The maximum absolute atomic E-state index is 12.6. The first kappa shape index (κ1) is 20.1. The number of thioether (sulfide) groups is 1. The summed E-state index contributed by atoms with van der Waals surface area (Å²) >= 11 is 13.6. The average Bonchev–Trinajstić information content (AvgIpc) is 2.61. The Balaban J connectivity index is 1.92. The number of carboxylic acid groups (broad SMARTS) is 1. The lowest BCUT2D eigenvalue weighted by atomic mass is 10.1. The molecule has 0 spiro atoms. The highest BCUT2D eigenvalue weighted by atomic mass is 35.5. The Morgan fingerprint density at radius 2 is 1.70 bits per heavy atom. The second-order valence-corrected chi connectivity index (χ2v) is 9.63. The van der Waals surface area contributed by atoms with Crippen LogP contribution in [0.4, 0.5) is 11.4 Å². The number of hydrogen-bond acceptors (Lipinski definition) is 5. The van der Waals surface area contributed by atoms with Crippen molar-refractivity contribution in [2.24, 2.45) is 0 Å². The molecule has 0 amide bonds. The number of aromatic carboxylic acids is 1. The van der Waals surface area contributed by atoms with E-state index >= 15 is 0 Å². The van der Waals surface area contributed by atoms with Crippen LogP contribution in [0.5, 0.6) is 0 Å². The first-order valence-corrected chi connectivity index (χ1v) is 11.3. The SMILES string of the molecule is O=C(O)c1cc(NS(=O)(=O)c2cc(Cl)cc(Cl)c2)ccc1N1CCSCC1. The third kappa shape index (κ3) is 4.82. The number of nitrogens with zero attached hydrogens (tertiary/aromatic N) is 1. The van der Waals surface area contributed by atoms with Crippen LogP contribution in [0, 0.1) is 0 Å². The number of hydrogen-bond donors (Lipinski definition) is 2. The predicted octanol–water partition coefficient (Wildman–Crippen LogP) is 4.05. The maximum Gasteiger partial charge on any atom is 0.337 e. The lowest BCUT2D eigenvalue weighted by molar-refractivity contribution is 0.0697. The van der Waals surface area contributed by atoms with E-state index in [1.807, 2.05) is 16.7 Å². The predicted molar refractivity (Wildman–Crippen MR) is 110 cm³/mol. The molecule has 0 unspecified atom stereocenters. The van der Waals surface area contributed by atoms with Crippen LogP contribution in [0.3, 0.4) is 0 Å². The Labute approximate surface area is 171 Å². The largest absolute Gasteiger partial charge is 0.478 e. The minimum absolute atomic E-state index is 0.0474. The van der Waals surface area contributed by atoms with E-state index in [2.05, 4.69) is 4.72 Å². The number of anilines is 2. The molecule has 0 atom stereocenters. The normalized spacial score (nSPS) is 14.8. The van der Waals surface area contributed by atoms with Crippen LogP contribution in [0.1, 0.15) is 10.4 Å². The third-order valence-electron chi connectivity index (χ3n) is 3.98. The topological polar surface area (TPSA) is 86.7 Å². The van der Waals surface area contributed by atoms with Crippen LogP contribution in [-0.2, 0) is 10.0 Å². The van der Waals surface area contributed by atoms with Gasteiger partial charge >= 0.3 is 5.97 Å². The standard InChI is InChI=1S/C17H16Cl2N2O4S2/c18-11-7-12(19)9-14(8-11)27(24,25)20-13-1-2-16(15(10-13)17(22)23)21-3-5-26-6-4-21/h1-2,7-10,20H,3-6H2,(H,22,23). The number of sulfonamides is 1. The Kier molecular flexibility index (Phi) is 6.10. The third-order valence-corrected chi connectivity index (χ3v) is 6.72. The fourth-order valence-electron chi connectivity index (χ4n) is 2.75. The number of halogens is 2. The molecule has 1 aliphatic heterocycles. The van der Waals surface area contributed by atoms with E-state index in [9.17, 15) is 18.3 Å². The van der Waals surface area contributed by atoms with Crippen molar-refractivity contribution in [3.63, 3.8) is 0 Å². The zero-order chi connectivity index (χ0) is 19.6. The first-order valence-electron chi connectivity index (χ1n) is 7.95. The van der Waals surface area contributed by atoms with Crippen LogP contribution in [-0.4, -0.2) is 44.1 Å². The van der Waals surface area contributed by atoms with Gasteiger partial charge in [0.25, 0.3) is 10.0 Å². The molecule has 0 aliphatic carbocycles. The van der Waals surface area contributed by atoms with Crippen LogP contribution >= 0.6 is 35.0 Å². The maximum atomic E-state index is 12.6. The highest BCUT2D eigenvalue weighted by Gasteiger charge is 2.21. The van der Waals surface area contributed by atoms with Crippen LogP contribution in [0.2, 0.25) is 10.0 Å². The molecule has 0 radical (unpaired) electrons. The van der Waals surface area contributed by atoms with Crippen molar-refractivity contribution in [3.8, 4) is 0 Å². The molecule has 144 valence electrons. The van der Waals surface area contributed by atoms with Gasteiger partial charge in [-0.25, -0.2) is 13.2 Å². The number of nitrogens with one attached hydrogen (secondary N) is 1. The van der Waals surface area contributed by atoms with Gasteiger partial charge in [0.05, 0.1) is 16.1 Å². The summed E-state index contributed by atoms with van der Waals surface area (Å²) in [4.78, 5) is 13.6. The average molecular weight is 447 g/mol. The van der Waals surface area contributed by atoms with E-state index in [0.717, 1.165) is 24.6 Å². The summed E-state index contributed by atoms with van der Waals surface area (Å²) in [7, 11) is -3.97. The van der Waals surface area contributed by atoms with Crippen molar-refractivity contribution in [1.82, 2.24) is 0 Å². The molecule has 2 N–H and O–H groups in total. The molecular formula is C17H16Cl2N2O4S2. The van der Waals surface area contributed by atoms with Gasteiger partial charge in [0.15, 0.2) is 0 Å². The molecule has 1 aliphatic rings. The molecule has 2 aromatic rings. The van der Waals surface area contributed by atoms with Gasteiger partial charge in [-0.2, -0.15) is 11.8 Å². The van der Waals surface area contributed by atoms with E-state index < -0.39 is 16.0 Å². The first-order chi connectivity index (χ1) is 12.8. The molecule has 6 nitrogen and oxygen atoms in total. The summed E-state index contributed by atoms with van der Waals surface area (Å²) in [5.41, 5.74) is 0.779. The fourth-order valence-corrected chi connectivity index (χ4v) is 5.43. The monoisotopic (exact) mass is 446 g/mol. The minimum Gasteiger partial charge on any atom is -0.478 e. The number of carbonyl (C=O) groups is 1. The summed E-state index contributed by atoms with van der Waals surface area (Å²) in [5, 5.41) is 9.94. The lowest BCUT2D eigenvalue weighted by Gasteiger charge is -2.29. The van der Waals surface area contributed by atoms with Gasteiger partial charge < -0.3 is 10.0 Å². The molecule has 0 saturated carbocycles. The number of carboxylic acids is 1. The van der Waals surface area contributed by atoms with E-state index in [0.29, 0.717) is 5.69 Å². The smallest absolute Gasteiger partial charge is 0.337 e. The molecule has 0 aromatic heterocycles. The highest BCUT2D eigenvalue weighted by molar-refractivity contribution is 7.99. The Hall–Kier alpha value is -1.61. The van der Waals surface area contributed by atoms with Gasteiger partial charge in [0.2, 0.25) is 0 Å². The molecule has 2 aromatic carbocycles. The Morgan fingerprint density at radius 1 is 1.07 bits per heavy atom. The Morgan fingerprint density at radius 3 is 2.30 bits per heavy atom. The molecule has 1 heterocycles. The number of benzene rings is 2. The summed E-state index contributed by atoms with van der Waals surface area (Å²) < 4.78 is 27.6. The van der Waals surface area contributed by atoms with Gasteiger partial charge in [-0.05, 0) is 36.4 Å². The van der Waals surface area contributed by atoms with Crippen molar-refractivity contribution < 1.29 is 18.3 Å². The van der Waals surface area contributed by atoms with E-state index in [1.165, 1.54) is 24.3 Å². The van der Waals surface area contributed by atoms with Gasteiger partial charge in [-0.1, -0.05) is 23.2 Å². The summed E-state index contributed by atoms with van der Waals surface area (Å²) in [5.74, 6) is 0.724. The van der Waals surface area contributed by atoms with Crippen molar-refractivity contribution in [2.75, 3.05) is 34.2 Å². The Bertz CT molecular complexity index is 957. The van der Waals surface area contributed by atoms with E-state index in [4.69, 9.17) is 23.2 Å². The van der Waals surface area contributed by atoms with E-state index in [-0.39, 0.29) is 26.2 Å². The summed E-state index contributed by atoms with van der Waals surface area (Å²) in [6.45, 7) is 1.49. The van der Waals surface area contributed by atoms with Gasteiger partial charge in [0, 0.05) is 40.3 Å². The molecule has 3 rings (SSSR count). The second-order valence-electron chi connectivity index (χ2n) is 5.85. The van der Waals surface area contributed by atoms with Crippen molar-refractivity contribution in [2.45, 2.75) is 4.90 Å². The molecule has 0 bridgehead atoms. The lowest BCUT2D eigenvalue weighted by Crippen LogP contribution is -2.33. The fraction of sp³-hybridized carbons (Fsp3) is 0.235. The quantitative estimate of drug-likeness (QED) is 0.720. The molecule has 10 heteroatoms. The van der Waals surface area contributed by atoms with Crippen molar-refractivity contribution in [3.05, 3.63) is 52.0 Å². The van der Waals surface area contributed by atoms with Gasteiger partial charge in [0.1, 0.15) is 0 Å². The highest BCUT2D eigenvalue weighted by Crippen LogP contribution is 2.29. The van der Waals surface area contributed by atoms with Crippen LogP contribution in [0.25, 0.3) is 0 Å². The zero-order valence-corrected chi connectivity index (χ0v) is 17.1. The van der Waals surface area contributed by atoms with Crippen molar-refractivity contribution in [1.29, 1.82) is 0 Å². The molecule has 1 saturated heterocycles. The molecule has 1 fully saturated rings. The minimum atomic E-state index is -3.97. The molecule has 27 heavy (non-hydrogen) atoms.